The zero-order valence-corrected chi connectivity index (χ0v) is 12.3. The maximum atomic E-state index is 5.43. The van der Waals surface area contributed by atoms with Gasteiger partial charge in [0, 0.05) is 22.4 Å². The van der Waals surface area contributed by atoms with Crippen molar-refractivity contribution in [3.05, 3.63) is 34.9 Å². The van der Waals surface area contributed by atoms with E-state index in [2.05, 4.69) is 37.7 Å². The van der Waals surface area contributed by atoms with E-state index >= 15 is 0 Å². The Morgan fingerprint density at radius 2 is 1.89 bits per heavy atom. The van der Waals surface area contributed by atoms with E-state index in [0.29, 0.717) is 0 Å². The standard InChI is InChI=1S/C14H20N2OS/c1-13(2,11-9-15-10-17-11)5-6-14(3,4)12-16-7-8-18-12/h7-10H,5-6H2,1-4H3. The number of thiazole rings is 1. The van der Waals surface area contributed by atoms with E-state index in [-0.39, 0.29) is 10.8 Å². The fourth-order valence-corrected chi connectivity index (χ4v) is 2.76. The zero-order chi connectivity index (χ0) is 13.2. The minimum atomic E-state index is 0.0189. The molecule has 2 aromatic heterocycles. The molecule has 0 unspecified atom stereocenters. The average molecular weight is 264 g/mol. The van der Waals surface area contributed by atoms with Gasteiger partial charge in [-0.1, -0.05) is 27.7 Å². The number of aromatic nitrogens is 2. The van der Waals surface area contributed by atoms with Crippen LogP contribution in [0.4, 0.5) is 0 Å². The molecule has 0 fully saturated rings. The molecular formula is C14H20N2OS. The van der Waals surface area contributed by atoms with Crippen LogP contribution in [-0.2, 0) is 10.8 Å². The summed E-state index contributed by atoms with van der Waals surface area (Å²) >= 11 is 1.73. The second-order valence-electron chi connectivity index (χ2n) is 5.97. The van der Waals surface area contributed by atoms with Crippen molar-refractivity contribution in [3.8, 4) is 0 Å². The van der Waals surface area contributed by atoms with Gasteiger partial charge in [-0.15, -0.1) is 11.3 Å². The first-order valence-electron chi connectivity index (χ1n) is 6.21. The smallest absolute Gasteiger partial charge is 0.180 e. The van der Waals surface area contributed by atoms with Crippen LogP contribution in [0.1, 0.15) is 51.3 Å². The lowest BCUT2D eigenvalue weighted by molar-refractivity contribution is 0.321. The summed E-state index contributed by atoms with van der Waals surface area (Å²) < 4.78 is 5.43. The summed E-state index contributed by atoms with van der Waals surface area (Å²) in [7, 11) is 0. The van der Waals surface area contributed by atoms with Crippen molar-refractivity contribution >= 4 is 11.3 Å². The van der Waals surface area contributed by atoms with Gasteiger partial charge in [-0.3, -0.25) is 0 Å². The molecule has 0 saturated carbocycles. The van der Waals surface area contributed by atoms with Gasteiger partial charge in [-0.2, -0.15) is 0 Å². The van der Waals surface area contributed by atoms with Crippen molar-refractivity contribution in [2.45, 2.75) is 51.4 Å². The Labute approximate surface area is 112 Å². The summed E-state index contributed by atoms with van der Waals surface area (Å²) in [6, 6.07) is 0. The molecule has 0 amide bonds. The molecule has 0 bridgehead atoms. The number of oxazole rings is 1. The summed E-state index contributed by atoms with van der Waals surface area (Å²) in [4.78, 5) is 8.44. The van der Waals surface area contributed by atoms with Crippen LogP contribution in [-0.4, -0.2) is 9.97 Å². The minimum Gasteiger partial charge on any atom is -0.448 e. The molecule has 0 aliphatic heterocycles. The van der Waals surface area contributed by atoms with Gasteiger partial charge in [-0.05, 0) is 12.8 Å². The second-order valence-corrected chi connectivity index (χ2v) is 6.87. The van der Waals surface area contributed by atoms with Crippen LogP contribution in [0.25, 0.3) is 0 Å². The fourth-order valence-electron chi connectivity index (χ4n) is 1.96. The van der Waals surface area contributed by atoms with E-state index in [1.165, 1.54) is 11.4 Å². The summed E-state index contributed by atoms with van der Waals surface area (Å²) in [5.41, 5.74) is 0.135. The minimum absolute atomic E-state index is 0.0189. The van der Waals surface area contributed by atoms with Gasteiger partial charge in [0.15, 0.2) is 6.39 Å². The van der Waals surface area contributed by atoms with E-state index in [1.54, 1.807) is 11.3 Å². The third-order valence-electron chi connectivity index (χ3n) is 3.49. The van der Waals surface area contributed by atoms with Crippen LogP contribution in [0.5, 0.6) is 0 Å². The first kappa shape index (κ1) is 13.3. The molecule has 0 aromatic carbocycles. The quantitative estimate of drug-likeness (QED) is 0.813. The van der Waals surface area contributed by atoms with Crippen LogP contribution in [0.2, 0.25) is 0 Å². The molecule has 0 spiro atoms. The molecule has 2 aromatic rings. The summed E-state index contributed by atoms with van der Waals surface area (Å²) in [6.07, 6.45) is 7.33. The summed E-state index contributed by atoms with van der Waals surface area (Å²) in [6.45, 7) is 8.90. The molecule has 0 saturated heterocycles. The van der Waals surface area contributed by atoms with Crippen LogP contribution < -0.4 is 0 Å². The monoisotopic (exact) mass is 264 g/mol. The van der Waals surface area contributed by atoms with E-state index < -0.39 is 0 Å². The highest BCUT2D eigenvalue weighted by Crippen LogP contribution is 2.36. The molecule has 18 heavy (non-hydrogen) atoms. The largest absolute Gasteiger partial charge is 0.448 e. The molecule has 0 aliphatic carbocycles. The number of hydrogen-bond acceptors (Lipinski definition) is 4. The maximum Gasteiger partial charge on any atom is 0.180 e. The van der Waals surface area contributed by atoms with Crippen molar-refractivity contribution in [1.29, 1.82) is 0 Å². The van der Waals surface area contributed by atoms with Gasteiger partial charge in [0.1, 0.15) is 5.76 Å². The Hall–Kier alpha value is -1.16. The lowest BCUT2D eigenvalue weighted by Crippen LogP contribution is -2.23. The molecule has 2 rings (SSSR count). The SMILES string of the molecule is CC(C)(CCC(C)(C)c1nccs1)c1cnco1. The molecule has 2 heterocycles. The predicted molar refractivity (Wildman–Crippen MR) is 73.9 cm³/mol. The third-order valence-corrected chi connectivity index (χ3v) is 4.62. The maximum absolute atomic E-state index is 5.43. The zero-order valence-electron chi connectivity index (χ0n) is 11.4. The first-order valence-corrected chi connectivity index (χ1v) is 7.09. The topological polar surface area (TPSA) is 38.9 Å². The average Bonchev–Trinajstić information content (AvgIpc) is 2.99. The van der Waals surface area contributed by atoms with Gasteiger partial charge in [-0.25, -0.2) is 9.97 Å². The van der Waals surface area contributed by atoms with Gasteiger partial charge >= 0.3 is 0 Å². The highest BCUT2D eigenvalue weighted by Gasteiger charge is 2.30. The van der Waals surface area contributed by atoms with E-state index in [1.807, 2.05) is 17.8 Å². The Morgan fingerprint density at radius 1 is 1.17 bits per heavy atom. The lowest BCUT2D eigenvalue weighted by Gasteiger charge is -2.28. The Morgan fingerprint density at radius 3 is 2.44 bits per heavy atom. The van der Waals surface area contributed by atoms with E-state index in [0.717, 1.165) is 18.6 Å². The highest BCUT2D eigenvalue weighted by molar-refractivity contribution is 7.09. The molecule has 0 aliphatic rings. The van der Waals surface area contributed by atoms with Crippen molar-refractivity contribution in [3.63, 3.8) is 0 Å². The highest BCUT2D eigenvalue weighted by atomic mass is 32.1. The number of nitrogens with zero attached hydrogens (tertiary/aromatic N) is 2. The second kappa shape index (κ2) is 4.84. The van der Waals surface area contributed by atoms with Crippen molar-refractivity contribution in [1.82, 2.24) is 9.97 Å². The fraction of sp³-hybridized carbons (Fsp3) is 0.571. The lowest BCUT2D eigenvalue weighted by atomic mass is 9.78. The molecule has 0 radical (unpaired) electrons. The normalized spacial score (nSPS) is 12.9. The summed E-state index contributed by atoms with van der Waals surface area (Å²) in [5, 5.41) is 3.24. The number of rotatable bonds is 5. The third kappa shape index (κ3) is 2.80. The molecule has 3 nitrogen and oxygen atoms in total. The predicted octanol–water partition coefficient (Wildman–Crippen LogP) is 4.17. The Balaban J connectivity index is 2.03. The molecule has 0 atom stereocenters. The van der Waals surface area contributed by atoms with Gasteiger partial charge in [0.05, 0.1) is 11.2 Å². The molecule has 4 heteroatoms. The van der Waals surface area contributed by atoms with Crippen LogP contribution in [0.15, 0.2) is 28.6 Å². The molecule has 0 N–H and O–H groups in total. The van der Waals surface area contributed by atoms with Gasteiger partial charge < -0.3 is 4.42 Å². The van der Waals surface area contributed by atoms with E-state index in [9.17, 15) is 0 Å². The Kier molecular flexibility index (Phi) is 3.57. The van der Waals surface area contributed by atoms with Gasteiger partial charge in [0.2, 0.25) is 0 Å². The Bertz CT molecular complexity index is 426. The van der Waals surface area contributed by atoms with Crippen LogP contribution >= 0.6 is 11.3 Å². The first-order chi connectivity index (χ1) is 8.42. The van der Waals surface area contributed by atoms with Gasteiger partial charge in [0.25, 0.3) is 0 Å². The molecular weight excluding hydrogens is 244 g/mol. The van der Waals surface area contributed by atoms with Crippen LogP contribution in [0, 0.1) is 0 Å². The molecule has 98 valence electrons. The summed E-state index contributed by atoms with van der Waals surface area (Å²) in [5.74, 6) is 0.956. The number of hydrogen-bond donors (Lipinski definition) is 0. The van der Waals surface area contributed by atoms with E-state index in [4.69, 9.17) is 4.42 Å². The van der Waals surface area contributed by atoms with Crippen molar-refractivity contribution in [2.24, 2.45) is 0 Å². The van der Waals surface area contributed by atoms with Crippen LogP contribution in [0.3, 0.4) is 0 Å². The van der Waals surface area contributed by atoms with Crippen molar-refractivity contribution in [2.75, 3.05) is 0 Å². The van der Waals surface area contributed by atoms with Crippen molar-refractivity contribution < 1.29 is 4.42 Å².